The standard InChI is InChI=1S/C18H27ClN2O2/c1-18(2,15-6-3-4-7-16(15)19)17(22)21-11-8-14(9-12-21)23-13-5-10-20/h3-4,6-7,14H,5,8-13,20H2,1-2H3. The van der Waals surface area contributed by atoms with Gasteiger partial charge in [0.1, 0.15) is 0 Å². The first-order chi connectivity index (χ1) is 11.0. The average molecular weight is 339 g/mol. The van der Waals surface area contributed by atoms with E-state index in [1.807, 2.05) is 43.0 Å². The summed E-state index contributed by atoms with van der Waals surface area (Å²) in [6.45, 7) is 6.73. The molecule has 1 heterocycles. The van der Waals surface area contributed by atoms with Crippen LogP contribution in [0.2, 0.25) is 5.02 Å². The third-order valence-electron chi connectivity index (χ3n) is 4.51. The van der Waals surface area contributed by atoms with E-state index in [1.165, 1.54) is 0 Å². The molecular formula is C18H27ClN2O2. The molecule has 0 saturated carbocycles. The van der Waals surface area contributed by atoms with Gasteiger partial charge >= 0.3 is 0 Å². The number of likely N-dealkylation sites (tertiary alicyclic amines) is 1. The Morgan fingerprint density at radius 2 is 2.00 bits per heavy atom. The second-order valence-electron chi connectivity index (χ2n) is 6.61. The monoisotopic (exact) mass is 338 g/mol. The fourth-order valence-electron chi connectivity index (χ4n) is 3.04. The van der Waals surface area contributed by atoms with E-state index < -0.39 is 5.41 Å². The molecule has 23 heavy (non-hydrogen) atoms. The predicted molar refractivity (Wildman–Crippen MR) is 93.7 cm³/mol. The van der Waals surface area contributed by atoms with Gasteiger partial charge in [-0.15, -0.1) is 0 Å². The van der Waals surface area contributed by atoms with Crippen molar-refractivity contribution in [3.8, 4) is 0 Å². The van der Waals surface area contributed by atoms with Gasteiger partial charge in [-0.2, -0.15) is 0 Å². The first kappa shape index (κ1) is 18.2. The molecule has 0 bridgehead atoms. The Morgan fingerprint density at radius 3 is 2.61 bits per heavy atom. The van der Waals surface area contributed by atoms with Crippen LogP contribution in [-0.2, 0) is 14.9 Å². The number of rotatable bonds is 6. The van der Waals surface area contributed by atoms with Crippen LogP contribution in [0.1, 0.15) is 38.7 Å². The molecule has 1 aromatic carbocycles. The number of hydrogen-bond donors (Lipinski definition) is 1. The van der Waals surface area contributed by atoms with Gasteiger partial charge in [0.2, 0.25) is 5.91 Å². The molecule has 1 aliphatic rings. The lowest BCUT2D eigenvalue weighted by Crippen LogP contribution is -2.48. The van der Waals surface area contributed by atoms with Gasteiger partial charge in [-0.25, -0.2) is 0 Å². The molecule has 1 saturated heterocycles. The van der Waals surface area contributed by atoms with E-state index in [2.05, 4.69) is 0 Å². The van der Waals surface area contributed by atoms with Crippen molar-refractivity contribution < 1.29 is 9.53 Å². The zero-order chi connectivity index (χ0) is 16.9. The fourth-order valence-corrected chi connectivity index (χ4v) is 3.41. The van der Waals surface area contributed by atoms with Gasteiger partial charge in [0.05, 0.1) is 11.5 Å². The van der Waals surface area contributed by atoms with Gasteiger partial charge < -0.3 is 15.4 Å². The maximum Gasteiger partial charge on any atom is 0.232 e. The van der Waals surface area contributed by atoms with Crippen LogP contribution in [0, 0.1) is 0 Å². The summed E-state index contributed by atoms with van der Waals surface area (Å²) in [5.74, 6) is 0.131. The highest BCUT2D eigenvalue weighted by Gasteiger charge is 2.36. The van der Waals surface area contributed by atoms with Crippen molar-refractivity contribution in [2.45, 2.75) is 44.6 Å². The number of carbonyl (C=O) groups excluding carboxylic acids is 1. The van der Waals surface area contributed by atoms with E-state index in [-0.39, 0.29) is 12.0 Å². The fraction of sp³-hybridized carbons (Fsp3) is 0.611. The highest BCUT2D eigenvalue weighted by Crippen LogP contribution is 2.32. The largest absolute Gasteiger partial charge is 0.378 e. The second kappa shape index (κ2) is 8.13. The quantitative estimate of drug-likeness (QED) is 0.811. The van der Waals surface area contributed by atoms with Crippen molar-refractivity contribution in [3.05, 3.63) is 34.9 Å². The average Bonchev–Trinajstić information content (AvgIpc) is 2.55. The van der Waals surface area contributed by atoms with Crippen molar-refractivity contribution in [2.24, 2.45) is 5.73 Å². The molecule has 0 atom stereocenters. The minimum Gasteiger partial charge on any atom is -0.378 e. The van der Waals surface area contributed by atoms with Crippen molar-refractivity contribution in [3.63, 3.8) is 0 Å². The zero-order valence-corrected chi connectivity index (χ0v) is 14.8. The number of hydrogen-bond acceptors (Lipinski definition) is 3. The van der Waals surface area contributed by atoms with E-state index in [9.17, 15) is 4.79 Å². The summed E-state index contributed by atoms with van der Waals surface area (Å²) in [6.07, 6.45) is 2.90. The van der Waals surface area contributed by atoms with Crippen LogP contribution in [0.3, 0.4) is 0 Å². The molecule has 128 valence electrons. The van der Waals surface area contributed by atoms with E-state index in [0.717, 1.165) is 37.9 Å². The first-order valence-corrected chi connectivity index (χ1v) is 8.70. The van der Waals surface area contributed by atoms with Crippen molar-refractivity contribution in [2.75, 3.05) is 26.2 Å². The summed E-state index contributed by atoms with van der Waals surface area (Å²) in [5, 5.41) is 0.644. The molecule has 0 aromatic heterocycles. The van der Waals surface area contributed by atoms with E-state index in [4.69, 9.17) is 22.1 Å². The Balaban J connectivity index is 1.95. The van der Waals surface area contributed by atoms with Crippen LogP contribution in [0.25, 0.3) is 0 Å². The molecule has 1 aliphatic heterocycles. The number of benzene rings is 1. The molecular weight excluding hydrogens is 312 g/mol. The molecule has 5 heteroatoms. The second-order valence-corrected chi connectivity index (χ2v) is 7.02. The van der Waals surface area contributed by atoms with Gasteiger partial charge in [0.15, 0.2) is 0 Å². The van der Waals surface area contributed by atoms with Gasteiger partial charge in [-0.1, -0.05) is 29.8 Å². The summed E-state index contributed by atoms with van der Waals surface area (Å²) in [5.41, 5.74) is 5.74. The number of carbonyl (C=O) groups is 1. The summed E-state index contributed by atoms with van der Waals surface area (Å²) >= 11 is 6.28. The first-order valence-electron chi connectivity index (χ1n) is 8.33. The highest BCUT2D eigenvalue weighted by molar-refractivity contribution is 6.31. The molecule has 1 amide bonds. The normalized spacial score (nSPS) is 16.6. The van der Waals surface area contributed by atoms with E-state index >= 15 is 0 Å². The Bertz CT molecular complexity index is 526. The van der Waals surface area contributed by atoms with Crippen molar-refractivity contribution in [1.82, 2.24) is 4.90 Å². The van der Waals surface area contributed by atoms with Crippen LogP contribution >= 0.6 is 11.6 Å². The lowest BCUT2D eigenvalue weighted by molar-refractivity contribution is -0.139. The molecule has 2 rings (SSSR count). The Kier molecular flexibility index (Phi) is 6.45. The summed E-state index contributed by atoms with van der Waals surface area (Å²) in [7, 11) is 0. The highest BCUT2D eigenvalue weighted by atomic mass is 35.5. The number of amides is 1. The zero-order valence-electron chi connectivity index (χ0n) is 14.1. The summed E-state index contributed by atoms with van der Waals surface area (Å²) < 4.78 is 5.80. The Hall–Kier alpha value is -1.10. The number of nitrogens with two attached hydrogens (primary N) is 1. The van der Waals surface area contributed by atoms with Crippen LogP contribution in [0.15, 0.2) is 24.3 Å². The lowest BCUT2D eigenvalue weighted by atomic mass is 9.82. The van der Waals surface area contributed by atoms with Crippen molar-refractivity contribution >= 4 is 17.5 Å². The van der Waals surface area contributed by atoms with E-state index in [1.54, 1.807) is 0 Å². The van der Waals surface area contributed by atoms with Gasteiger partial charge in [0.25, 0.3) is 0 Å². The smallest absolute Gasteiger partial charge is 0.232 e. The molecule has 0 unspecified atom stereocenters. The lowest BCUT2D eigenvalue weighted by Gasteiger charge is -2.37. The molecule has 0 radical (unpaired) electrons. The maximum absolute atomic E-state index is 12.9. The topological polar surface area (TPSA) is 55.6 Å². The van der Waals surface area contributed by atoms with Gasteiger partial charge in [-0.3, -0.25) is 4.79 Å². The van der Waals surface area contributed by atoms with Crippen LogP contribution in [0.5, 0.6) is 0 Å². The minimum absolute atomic E-state index is 0.131. The molecule has 1 aromatic rings. The summed E-state index contributed by atoms with van der Waals surface area (Å²) in [4.78, 5) is 14.9. The molecule has 0 aliphatic carbocycles. The third kappa shape index (κ3) is 4.46. The van der Waals surface area contributed by atoms with Crippen molar-refractivity contribution in [1.29, 1.82) is 0 Å². The van der Waals surface area contributed by atoms with Crippen LogP contribution in [-0.4, -0.2) is 43.2 Å². The molecule has 0 spiro atoms. The predicted octanol–water partition coefficient (Wildman–Crippen LogP) is 2.97. The SMILES string of the molecule is CC(C)(C(=O)N1CCC(OCCCN)CC1)c1ccccc1Cl. The minimum atomic E-state index is -0.619. The maximum atomic E-state index is 12.9. The molecule has 2 N–H and O–H groups in total. The number of nitrogens with zero attached hydrogens (tertiary/aromatic N) is 1. The van der Waals surface area contributed by atoms with Gasteiger partial charge in [0, 0.05) is 24.7 Å². The Morgan fingerprint density at radius 1 is 1.35 bits per heavy atom. The summed E-state index contributed by atoms with van der Waals surface area (Å²) in [6, 6.07) is 7.58. The van der Waals surface area contributed by atoms with Gasteiger partial charge in [-0.05, 0) is 51.3 Å². The van der Waals surface area contributed by atoms with E-state index in [0.29, 0.717) is 18.2 Å². The van der Waals surface area contributed by atoms with Crippen LogP contribution in [0.4, 0.5) is 0 Å². The number of ether oxygens (including phenoxy) is 1. The molecule has 1 fully saturated rings. The van der Waals surface area contributed by atoms with Crippen LogP contribution < -0.4 is 5.73 Å². The third-order valence-corrected chi connectivity index (χ3v) is 4.84. The number of piperidine rings is 1. The Labute approximate surface area is 143 Å². The molecule has 4 nitrogen and oxygen atoms in total. The number of halogens is 1.